The SMILES string of the molecule is CC(C)(C)c1ccccc1OCCCCCS. The third-order valence-corrected chi connectivity index (χ3v) is 3.07. The number of benzene rings is 1. The average molecular weight is 252 g/mol. The summed E-state index contributed by atoms with van der Waals surface area (Å²) in [5.41, 5.74) is 1.43. The number of rotatable bonds is 6. The molecule has 17 heavy (non-hydrogen) atoms. The quantitative estimate of drug-likeness (QED) is 0.581. The fourth-order valence-electron chi connectivity index (χ4n) is 1.78. The summed E-state index contributed by atoms with van der Waals surface area (Å²) in [6.45, 7) is 7.46. The maximum absolute atomic E-state index is 5.89. The van der Waals surface area contributed by atoms with Gasteiger partial charge in [-0.1, -0.05) is 39.0 Å². The Balaban J connectivity index is 2.53. The number of thiol groups is 1. The Morgan fingerprint density at radius 1 is 1.06 bits per heavy atom. The van der Waals surface area contributed by atoms with Crippen LogP contribution in [0.15, 0.2) is 24.3 Å². The van der Waals surface area contributed by atoms with E-state index in [2.05, 4.69) is 51.6 Å². The van der Waals surface area contributed by atoms with Gasteiger partial charge in [0.2, 0.25) is 0 Å². The predicted molar refractivity (Wildman–Crippen MR) is 78.3 cm³/mol. The summed E-state index contributed by atoms with van der Waals surface area (Å²) in [7, 11) is 0. The van der Waals surface area contributed by atoms with Crippen LogP contribution < -0.4 is 4.74 Å². The Hall–Kier alpha value is -0.630. The lowest BCUT2D eigenvalue weighted by Gasteiger charge is -2.22. The second-order valence-electron chi connectivity index (χ2n) is 5.38. The Morgan fingerprint density at radius 2 is 1.76 bits per heavy atom. The summed E-state index contributed by atoms with van der Waals surface area (Å²) in [5, 5.41) is 0. The van der Waals surface area contributed by atoms with Crippen molar-refractivity contribution >= 4 is 12.6 Å². The van der Waals surface area contributed by atoms with E-state index in [4.69, 9.17) is 4.74 Å². The van der Waals surface area contributed by atoms with E-state index >= 15 is 0 Å². The van der Waals surface area contributed by atoms with E-state index in [1.165, 1.54) is 18.4 Å². The monoisotopic (exact) mass is 252 g/mol. The van der Waals surface area contributed by atoms with Gasteiger partial charge in [0.05, 0.1) is 6.61 Å². The molecule has 96 valence electrons. The van der Waals surface area contributed by atoms with Crippen molar-refractivity contribution in [2.45, 2.75) is 45.4 Å². The highest BCUT2D eigenvalue weighted by Gasteiger charge is 2.17. The van der Waals surface area contributed by atoms with Crippen molar-refractivity contribution in [2.24, 2.45) is 0 Å². The minimum Gasteiger partial charge on any atom is -0.493 e. The van der Waals surface area contributed by atoms with E-state index in [1.54, 1.807) is 0 Å². The molecule has 1 aromatic rings. The fraction of sp³-hybridized carbons (Fsp3) is 0.600. The number of hydrogen-bond donors (Lipinski definition) is 1. The van der Waals surface area contributed by atoms with Crippen LogP contribution in [0.1, 0.15) is 45.6 Å². The number of para-hydroxylation sites is 1. The van der Waals surface area contributed by atoms with E-state index < -0.39 is 0 Å². The molecule has 0 heterocycles. The van der Waals surface area contributed by atoms with E-state index in [0.29, 0.717) is 0 Å². The van der Waals surface area contributed by atoms with Gasteiger partial charge in [-0.25, -0.2) is 0 Å². The van der Waals surface area contributed by atoms with Crippen LogP contribution in [0.4, 0.5) is 0 Å². The zero-order valence-corrected chi connectivity index (χ0v) is 12.1. The van der Waals surface area contributed by atoms with Crippen LogP contribution in [0, 0.1) is 0 Å². The van der Waals surface area contributed by atoms with Crippen molar-refractivity contribution in [1.29, 1.82) is 0 Å². The largest absolute Gasteiger partial charge is 0.493 e. The molecule has 0 fully saturated rings. The second kappa shape index (κ2) is 6.95. The van der Waals surface area contributed by atoms with Crippen molar-refractivity contribution in [1.82, 2.24) is 0 Å². The molecule has 0 radical (unpaired) electrons. The maximum Gasteiger partial charge on any atom is 0.123 e. The maximum atomic E-state index is 5.89. The molecule has 0 saturated heterocycles. The normalized spacial score (nSPS) is 11.5. The second-order valence-corrected chi connectivity index (χ2v) is 5.83. The molecule has 0 aromatic heterocycles. The van der Waals surface area contributed by atoms with Gasteiger partial charge >= 0.3 is 0 Å². The molecule has 0 amide bonds. The van der Waals surface area contributed by atoms with Crippen molar-refractivity contribution in [3.63, 3.8) is 0 Å². The molecule has 1 rings (SSSR count). The summed E-state index contributed by atoms with van der Waals surface area (Å²) in [5.74, 6) is 2.00. The first-order valence-electron chi connectivity index (χ1n) is 6.39. The zero-order valence-electron chi connectivity index (χ0n) is 11.2. The Kier molecular flexibility index (Phi) is 5.90. The highest BCUT2D eigenvalue weighted by Crippen LogP contribution is 2.30. The molecule has 0 unspecified atom stereocenters. The summed E-state index contributed by atoms with van der Waals surface area (Å²) >= 11 is 4.21. The fourth-order valence-corrected chi connectivity index (χ4v) is 2.01. The van der Waals surface area contributed by atoms with Crippen LogP contribution >= 0.6 is 12.6 Å². The lowest BCUT2D eigenvalue weighted by Crippen LogP contribution is -2.13. The van der Waals surface area contributed by atoms with E-state index in [-0.39, 0.29) is 5.41 Å². The minimum absolute atomic E-state index is 0.141. The lowest BCUT2D eigenvalue weighted by molar-refractivity contribution is 0.298. The van der Waals surface area contributed by atoms with Crippen LogP contribution in [0.2, 0.25) is 0 Å². The molecular weight excluding hydrogens is 228 g/mol. The van der Waals surface area contributed by atoms with Gasteiger partial charge in [0.1, 0.15) is 5.75 Å². The average Bonchev–Trinajstić information content (AvgIpc) is 2.28. The topological polar surface area (TPSA) is 9.23 Å². The van der Waals surface area contributed by atoms with Gasteiger partial charge in [-0.15, -0.1) is 0 Å². The van der Waals surface area contributed by atoms with Crippen LogP contribution in [0.3, 0.4) is 0 Å². The van der Waals surface area contributed by atoms with E-state index in [9.17, 15) is 0 Å². The third kappa shape index (κ3) is 5.03. The van der Waals surface area contributed by atoms with Crippen molar-refractivity contribution in [3.8, 4) is 5.75 Å². The van der Waals surface area contributed by atoms with Crippen LogP contribution in [0.5, 0.6) is 5.75 Å². The Morgan fingerprint density at radius 3 is 2.41 bits per heavy atom. The molecule has 0 bridgehead atoms. The van der Waals surface area contributed by atoms with Crippen molar-refractivity contribution in [3.05, 3.63) is 29.8 Å². The minimum atomic E-state index is 0.141. The first-order chi connectivity index (χ1) is 8.05. The number of unbranched alkanes of at least 4 members (excludes halogenated alkanes) is 2. The van der Waals surface area contributed by atoms with Gasteiger partial charge in [-0.2, -0.15) is 12.6 Å². The molecule has 2 heteroatoms. The standard InChI is InChI=1S/C15H24OS/c1-15(2,3)13-9-5-6-10-14(13)16-11-7-4-8-12-17/h5-6,9-10,17H,4,7-8,11-12H2,1-3H3. The van der Waals surface area contributed by atoms with Gasteiger partial charge in [-0.3, -0.25) is 0 Å². The van der Waals surface area contributed by atoms with Gasteiger partial charge < -0.3 is 4.74 Å². The first-order valence-corrected chi connectivity index (χ1v) is 7.02. The van der Waals surface area contributed by atoms with Gasteiger partial charge in [0, 0.05) is 0 Å². The Bertz CT molecular complexity index is 328. The van der Waals surface area contributed by atoms with Crippen molar-refractivity contribution < 1.29 is 4.74 Å². The van der Waals surface area contributed by atoms with Crippen molar-refractivity contribution in [2.75, 3.05) is 12.4 Å². The molecule has 0 aliphatic carbocycles. The molecule has 0 saturated carbocycles. The molecule has 0 atom stereocenters. The highest BCUT2D eigenvalue weighted by atomic mass is 32.1. The first kappa shape index (κ1) is 14.4. The zero-order chi connectivity index (χ0) is 12.7. The number of ether oxygens (including phenoxy) is 1. The van der Waals surface area contributed by atoms with Crippen LogP contribution in [-0.2, 0) is 5.41 Å². The van der Waals surface area contributed by atoms with Crippen LogP contribution in [-0.4, -0.2) is 12.4 Å². The molecule has 1 nitrogen and oxygen atoms in total. The van der Waals surface area contributed by atoms with E-state index in [1.807, 2.05) is 6.07 Å². The molecule has 0 aliphatic heterocycles. The summed E-state index contributed by atoms with van der Waals surface area (Å²) in [6.07, 6.45) is 3.48. The van der Waals surface area contributed by atoms with Gasteiger partial charge in [0.15, 0.2) is 0 Å². The molecule has 1 aromatic carbocycles. The van der Waals surface area contributed by atoms with E-state index in [0.717, 1.165) is 24.5 Å². The summed E-state index contributed by atoms with van der Waals surface area (Å²) < 4.78 is 5.89. The summed E-state index contributed by atoms with van der Waals surface area (Å²) in [6, 6.07) is 8.34. The smallest absolute Gasteiger partial charge is 0.123 e. The van der Waals surface area contributed by atoms with Crippen LogP contribution in [0.25, 0.3) is 0 Å². The molecule has 0 spiro atoms. The summed E-state index contributed by atoms with van der Waals surface area (Å²) in [4.78, 5) is 0. The lowest BCUT2D eigenvalue weighted by atomic mass is 9.86. The third-order valence-electron chi connectivity index (χ3n) is 2.76. The highest BCUT2D eigenvalue weighted by molar-refractivity contribution is 7.80. The molecular formula is C15H24OS. The Labute approximate surface area is 111 Å². The van der Waals surface area contributed by atoms with Gasteiger partial charge in [-0.05, 0) is 42.1 Å². The number of hydrogen-bond acceptors (Lipinski definition) is 2. The molecule has 0 aliphatic rings. The molecule has 0 N–H and O–H groups in total. The predicted octanol–water partition coefficient (Wildman–Crippen LogP) is 4.46. The van der Waals surface area contributed by atoms with Gasteiger partial charge in [0.25, 0.3) is 0 Å².